The van der Waals surface area contributed by atoms with Crippen molar-refractivity contribution in [3.8, 4) is 18.2 Å². The first-order valence-electron chi connectivity index (χ1n) is 16.0. The molecule has 50 heavy (non-hydrogen) atoms. The zero-order valence-corrected chi connectivity index (χ0v) is 27.6. The van der Waals surface area contributed by atoms with Crippen LogP contribution >= 0.6 is 0 Å². The molecule has 2 aromatic heterocycles. The Labute approximate surface area is 292 Å². The van der Waals surface area contributed by atoms with E-state index in [0.717, 1.165) is 41.4 Å². The Kier molecular flexibility index (Phi) is 12.0. The average molecular weight is 658 g/mol. The highest BCUT2D eigenvalue weighted by Gasteiger charge is 2.11. The van der Waals surface area contributed by atoms with Gasteiger partial charge in [-0.25, -0.2) is 0 Å². The summed E-state index contributed by atoms with van der Waals surface area (Å²) >= 11 is 0. The lowest BCUT2D eigenvalue weighted by atomic mass is 9.99. The van der Waals surface area contributed by atoms with Crippen molar-refractivity contribution in [2.45, 2.75) is 13.1 Å². The van der Waals surface area contributed by atoms with Gasteiger partial charge in [-0.3, -0.25) is 19.7 Å². The molecule has 246 valence electrons. The Morgan fingerprint density at radius 2 is 1.34 bits per heavy atom. The molecule has 0 aliphatic rings. The minimum atomic E-state index is -0.144. The fourth-order valence-electron chi connectivity index (χ4n) is 5.25. The van der Waals surface area contributed by atoms with Gasteiger partial charge in [0.05, 0.1) is 40.7 Å². The van der Waals surface area contributed by atoms with E-state index in [1.165, 1.54) is 6.07 Å². The molecule has 10 nitrogen and oxygen atoms in total. The molecular weight excluding hydrogens is 623 g/mol. The fraction of sp³-hybridized carbons (Fsp3) is 0.150. The number of carbonyl (C=O) groups is 1. The monoisotopic (exact) mass is 657 g/mol. The Morgan fingerprint density at radius 3 is 1.92 bits per heavy atom. The smallest absolute Gasteiger partial charge is 0.243 e. The second kappa shape index (κ2) is 17.4. The molecule has 10 heteroatoms. The number of aromatic nitrogens is 2. The summed E-state index contributed by atoms with van der Waals surface area (Å²) in [5, 5.41) is 34.5. The quantitative estimate of drug-likeness (QED) is 0.129. The number of anilines is 3. The van der Waals surface area contributed by atoms with Crippen molar-refractivity contribution < 1.29 is 4.79 Å². The van der Waals surface area contributed by atoms with E-state index in [1.807, 2.05) is 127 Å². The summed E-state index contributed by atoms with van der Waals surface area (Å²) in [5.41, 5.74) is 6.70. The van der Waals surface area contributed by atoms with E-state index < -0.39 is 0 Å². The van der Waals surface area contributed by atoms with E-state index in [4.69, 9.17) is 0 Å². The van der Waals surface area contributed by atoms with Crippen molar-refractivity contribution in [1.29, 1.82) is 15.8 Å². The number of carbonyl (C=O) groups excluding carboxylic acids is 1. The number of amides is 1. The Hall–Kier alpha value is -6.80. The van der Waals surface area contributed by atoms with E-state index >= 15 is 0 Å². The van der Waals surface area contributed by atoms with Crippen molar-refractivity contribution in [3.05, 3.63) is 149 Å². The summed E-state index contributed by atoms with van der Waals surface area (Å²) < 4.78 is 0. The van der Waals surface area contributed by atoms with E-state index in [0.29, 0.717) is 29.9 Å². The van der Waals surface area contributed by atoms with Crippen LogP contribution in [0.15, 0.2) is 109 Å². The number of rotatable bonds is 14. The third kappa shape index (κ3) is 9.85. The van der Waals surface area contributed by atoms with Crippen molar-refractivity contribution in [2.75, 3.05) is 42.2 Å². The number of hydrogen-bond donors (Lipinski definition) is 2. The largest absolute Gasteiger partial charge is 0.384 e. The van der Waals surface area contributed by atoms with Crippen LogP contribution in [-0.4, -0.2) is 47.5 Å². The molecule has 0 bridgehead atoms. The molecule has 2 heterocycles. The molecule has 5 rings (SSSR count). The molecule has 5 aromatic rings. The molecule has 0 saturated carbocycles. The van der Waals surface area contributed by atoms with Gasteiger partial charge < -0.3 is 15.5 Å². The highest BCUT2D eigenvalue weighted by molar-refractivity contribution is 5.94. The molecule has 0 unspecified atom stereocenters. The molecule has 0 aliphatic heterocycles. The van der Waals surface area contributed by atoms with Gasteiger partial charge in [0.2, 0.25) is 5.91 Å². The summed E-state index contributed by atoms with van der Waals surface area (Å²) in [6.07, 6.45) is 7.20. The zero-order chi connectivity index (χ0) is 35.1. The number of nitrogens with one attached hydrogen (secondary N) is 2. The standard InChI is InChI=1S/C40H35N9O/c1-48(39-16-9-30(10-17-39)8-11-31-22-33(25-42)34(26-43)23-32(31)24-41)29-40(50)47-36-14-12-35(13-15-36)46-20-21-49(27-37-6-2-4-18-44-37)28-38-7-3-5-19-45-38/h2-19,22-23,46H,20-21,27-29H2,1H3,(H,47,50)/b11-8+. The zero-order valence-electron chi connectivity index (χ0n) is 27.6. The summed E-state index contributed by atoms with van der Waals surface area (Å²) in [7, 11) is 1.85. The third-order valence-corrected chi connectivity index (χ3v) is 7.87. The predicted molar refractivity (Wildman–Crippen MR) is 195 cm³/mol. The molecule has 0 radical (unpaired) electrons. The van der Waals surface area contributed by atoms with Gasteiger partial charge in [-0.15, -0.1) is 0 Å². The van der Waals surface area contributed by atoms with E-state index in [-0.39, 0.29) is 23.6 Å². The van der Waals surface area contributed by atoms with Gasteiger partial charge in [0.15, 0.2) is 0 Å². The number of pyridine rings is 2. The van der Waals surface area contributed by atoms with Crippen molar-refractivity contribution in [1.82, 2.24) is 14.9 Å². The number of likely N-dealkylation sites (N-methyl/N-ethyl adjacent to an activating group) is 1. The van der Waals surface area contributed by atoms with Gasteiger partial charge >= 0.3 is 0 Å². The normalized spacial score (nSPS) is 10.6. The predicted octanol–water partition coefficient (Wildman–Crippen LogP) is 6.45. The number of nitrogens with zero attached hydrogens (tertiary/aromatic N) is 7. The highest BCUT2D eigenvalue weighted by Crippen LogP contribution is 2.21. The minimum Gasteiger partial charge on any atom is -0.384 e. The highest BCUT2D eigenvalue weighted by atomic mass is 16.2. The minimum absolute atomic E-state index is 0.144. The molecule has 0 fully saturated rings. The number of benzene rings is 3. The van der Waals surface area contributed by atoms with Gasteiger partial charge in [-0.2, -0.15) is 15.8 Å². The lowest BCUT2D eigenvalue weighted by molar-refractivity contribution is -0.114. The summed E-state index contributed by atoms with van der Waals surface area (Å²) in [6, 6.07) is 36.2. The fourth-order valence-corrected chi connectivity index (χ4v) is 5.25. The molecule has 0 saturated heterocycles. The Bertz CT molecular complexity index is 2000. The first kappa shape index (κ1) is 34.5. The van der Waals surface area contributed by atoms with Gasteiger partial charge in [-0.1, -0.05) is 36.4 Å². The van der Waals surface area contributed by atoms with Gasteiger partial charge in [0.1, 0.15) is 12.1 Å². The van der Waals surface area contributed by atoms with Crippen LogP contribution in [0.1, 0.15) is 39.2 Å². The number of nitriles is 3. The molecule has 3 aromatic carbocycles. The van der Waals surface area contributed by atoms with Crippen LogP contribution in [0.5, 0.6) is 0 Å². The maximum absolute atomic E-state index is 12.8. The van der Waals surface area contributed by atoms with Crippen LogP contribution in [0.3, 0.4) is 0 Å². The Morgan fingerprint density at radius 1 is 0.740 bits per heavy atom. The van der Waals surface area contributed by atoms with Crippen LogP contribution in [0.25, 0.3) is 12.2 Å². The molecule has 2 N–H and O–H groups in total. The van der Waals surface area contributed by atoms with Crippen LogP contribution < -0.4 is 15.5 Å². The number of hydrogen-bond acceptors (Lipinski definition) is 9. The SMILES string of the molecule is CN(CC(=O)Nc1ccc(NCCN(Cc2ccccn2)Cc2ccccn2)cc1)c1ccc(/C=C/c2cc(C#N)c(C#N)cc2C#N)cc1. The maximum atomic E-state index is 12.8. The third-order valence-electron chi connectivity index (χ3n) is 7.87. The van der Waals surface area contributed by atoms with Gasteiger partial charge in [0, 0.05) is 62.7 Å². The Balaban J connectivity index is 1.10. The van der Waals surface area contributed by atoms with Crippen LogP contribution in [0.4, 0.5) is 17.1 Å². The second-order valence-electron chi connectivity index (χ2n) is 11.5. The van der Waals surface area contributed by atoms with Gasteiger partial charge in [-0.05, 0) is 83.9 Å². The van der Waals surface area contributed by atoms with Crippen molar-refractivity contribution in [3.63, 3.8) is 0 Å². The van der Waals surface area contributed by atoms with Crippen LogP contribution in [0, 0.1) is 34.0 Å². The summed E-state index contributed by atoms with van der Waals surface area (Å²) in [5.74, 6) is -0.144. The van der Waals surface area contributed by atoms with Crippen molar-refractivity contribution >= 4 is 35.1 Å². The first-order valence-corrected chi connectivity index (χ1v) is 16.0. The molecule has 0 spiro atoms. The lowest BCUT2D eigenvalue weighted by Gasteiger charge is -2.22. The van der Waals surface area contributed by atoms with Gasteiger partial charge in [0.25, 0.3) is 0 Å². The summed E-state index contributed by atoms with van der Waals surface area (Å²) in [6.45, 7) is 3.11. The summed E-state index contributed by atoms with van der Waals surface area (Å²) in [4.78, 5) is 26.0. The topological polar surface area (TPSA) is 145 Å². The van der Waals surface area contributed by atoms with Crippen molar-refractivity contribution in [2.24, 2.45) is 0 Å². The first-order chi connectivity index (χ1) is 24.4. The maximum Gasteiger partial charge on any atom is 0.243 e. The van der Waals surface area contributed by atoms with E-state index in [9.17, 15) is 20.6 Å². The van der Waals surface area contributed by atoms with Crippen LogP contribution in [-0.2, 0) is 17.9 Å². The molecule has 1 amide bonds. The van der Waals surface area contributed by atoms with Crippen LogP contribution in [0.2, 0.25) is 0 Å². The average Bonchev–Trinajstić information content (AvgIpc) is 3.15. The van der Waals surface area contributed by atoms with E-state index in [2.05, 4.69) is 31.6 Å². The molecule has 0 aliphatic carbocycles. The lowest BCUT2D eigenvalue weighted by Crippen LogP contribution is -2.30. The van der Waals surface area contributed by atoms with E-state index in [1.54, 1.807) is 12.1 Å². The molecular formula is C40H35N9O. The molecule has 0 atom stereocenters. The second-order valence-corrected chi connectivity index (χ2v) is 11.5.